The largest absolute Gasteiger partial charge is 0.423 e. The van der Waals surface area contributed by atoms with E-state index in [9.17, 15) is 4.79 Å². The average molecular weight is 313 g/mol. The SMILES string of the molecule is Cc1nc(/C=C/C(=O)Oc2ccc(-c3nnco3)cc2)cs1. The molecular weight excluding hydrogens is 302 g/mol. The fourth-order valence-electron chi connectivity index (χ4n) is 1.72. The van der Waals surface area contributed by atoms with Gasteiger partial charge in [-0.25, -0.2) is 9.78 Å². The van der Waals surface area contributed by atoms with Gasteiger partial charge in [0.1, 0.15) is 5.75 Å². The Balaban J connectivity index is 1.63. The Morgan fingerprint density at radius 2 is 2.14 bits per heavy atom. The quantitative estimate of drug-likeness (QED) is 0.418. The van der Waals surface area contributed by atoms with Crippen molar-refractivity contribution in [3.05, 3.63) is 52.8 Å². The number of esters is 1. The third-order valence-corrected chi connectivity index (χ3v) is 3.50. The lowest BCUT2D eigenvalue weighted by atomic mass is 10.2. The lowest BCUT2D eigenvalue weighted by molar-refractivity contribution is -0.128. The number of aryl methyl sites for hydroxylation is 1. The van der Waals surface area contributed by atoms with Crippen molar-refractivity contribution in [3.8, 4) is 17.2 Å². The van der Waals surface area contributed by atoms with Gasteiger partial charge >= 0.3 is 5.97 Å². The van der Waals surface area contributed by atoms with Gasteiger partial charge < -0.3 is 9.15 Å². The predicted molar refractivity (Wildman–Crippen MR) is 81.3 cm³/mol. The van der Waals surface area contributed by atoms with Crippen LogP contribution in [0.15, 0.2) is 46.5 Å². The number of benzene rings is 1. The Morgan fingerprint density at radius 1 is 1.32 bits per heavy atom. The predicted octanol–water partition coefficient (Wildman–Crippen LogP) is 3.12. The summed E-state index contributed by atoms with van der Waals surface area (Å²) in [5.74, 6) is 0.389. The zero-order chi connectivity index (χ0) is 15.4. The molecule has 3 aromatic rings. The van der Waals surface area contributed by atoms with Gasteiger partial charge in [0.05, 0.1) is 10.7 Å². The smallest absolute Gasteiger partial charge is 0.336 e. The molecule has 0 amide bonds. The van der Waals surface area contributed by atoms with Crippen LogP contribution in [0.3, 0.4) is 0 Å². The van der Waals surface area contributed by atoms with E-state index in [2.05, 4.69) is 15.2 Å². The zero-order valence-electron chi connectivity index (χ0n) is 11.6. The number of rotatable bonds is 4. The molecule has 0 aliphatic carbocycles. The molecule has 2 heterocycles. The van der Waals surface area contributed by atoms with Crippen LogP contribution in [0.4, 0.5) is 0 Å². The Hall–Kier alpha value is -2.80. The maximum Gasteiger partial charge on any atom is 0.336 e. The van der Waals surface area contributed by atoms with Crippen LogP contribution >= 0.6 is 11.3 Å². The second-order valence-electron chi connectivity index (χ2n) is 4.31. The van der Waals surface area contributed by atoms with Gasteiger partial charge in [0, 0.05) is 17.0 Å². The van der Waals surface area contributed by atoms with E-state index in [0.29, 0.717) is 11.6 Å². The maximum absolute atomic E-state index is 11.7. The molecule has 7 heteroatoms. The normalized spacial score (nSPS) is 11.0. The van der Waals surface area contributed by atoms with Crippen molar-refractivity contribution in [3.63, 3.8) is 0 Å². The van der Waals surface area contributed by atoms with E-state index in [4.69, 9.17) is 9.15 Å². The minimum atomic E-state index is -0.462. The van der Waals surface area contributed by atoms with Crippen LogP contribution in [0.5, 0.6) is 5.75 Å². The molecule has 0 spiro atoms. The molecule has 0 aliphatic rings. The molecule has 0 fully saturated rings. The van der Waals surface area contributed by atoms with Crippen LogP contribution in [0.1, 0.15) is 10.7 Å². The minimum Gasteiger partial charge on any atom is -0.423 e. The zero-order valence-corrected chi connectivity index (χ0v) is 12.4. The van der Waals surface area contributed by atoms with Gasteiger partial charge in [-0.2, -0.15) is 0 Å². The van der Waals surface area contributed by atoms with E-state index in [-0.39, 0.29) is 0 Å². The first-order valence-corrected chi connectivity index (χ1v) is 7.27. The Labute approximate surface area is 130 Å². The molecule has 110 valence electrons. The number of thiazole rings is 1. The Bertz CT molecular complexity index is 792. The van der Waals surface area contributed by atoms with E-state index in [1.807, 2.05) is 12.3 Å². The number of hydrogen-bond acceptors (Lipinski definition) is 7. The first kappa shape index (κ1) is 14.2. The van der Waals surface area contributed by atoms with Crippen LogP contribution in [0.2, 0.25) is 0 Å². The van der Waals surface area contributed by atoms with Gasteiger partial charge in [-0.1, -0.05) is 0 Å². The topological polar surface area (TPSA) is 78.1 Å². The van der Waals surface area contributed by atoms with Gasteiger partial charge in [0.2, 0.25) is 12.3 Å². The number of ether oxygens (including phenoxy) is 1. The van der Waals surface area contributed by atoms with Gasteiger partial charge in [-0.15, -0.1) is 21.5 Å². The average Bonchev–Trinajstić information content (AvgIpc) is 3.17. The molecule has 0 N–H and O–H groups in total. The molecular formula is C15H11N3O3S. The summed E-state index contributed by atoms with van der Waals surface area (Å²) in [6, 6.07) is 6.81. The Kier molecular flexibility index (Phi) is 4.06. The summed E-state index contributed by atoms with van der Waals surface area (Å²) >= 11 is 1.53. The highest BCUT2D eigenvalue weighted by Gasteiger charge is 2.05. The fraction of sp³-hybridized carbons (Fsp3) is 0.0667. The standard InChI is InChI=1S/C15H11N3O3S/c1-10-17-12(8-22-10)4-7-14(19)21-13-5-2-11(3-6-13)15-18-16-9-20-15/h2-9H,1H3/b7-4+. The van der Waals surface area contributed by atoms with Crippen molar-refractivity contribution < 1.29 is 13.9 Å². The fourth-order valence-corrected chi connectivity index (χ4v) is 2.31. The van der Waals surface area contributed by atoms with Crippen LogP contribution < -0.4 is 4.74 Å². The highest BCUT2D eigenvalue weighted by molar-refractivity contribution is 7.09. The molecule has 6 nitrogen and oxygen atoms in total. The molecule has 2 aromatic heterocycles. The molecule has 1 aromatic carbocycles. The van der Waals surface area contributed by atoms with Crippen molar-refractivity contribution in [1.29, 1.82) is 0 Å². The second-order valence-corrected chi connectivity index (χ2v) is 5.38. The van der Waals surface area contributed by atoms with Crippen molar-refractivity contribution in [2.75, 3.05) is 0 Å². The second kappa shape index (κ2) is 6.31. The van der Waals surface area contributed by atoms with Gasteiger partial charge in [-0.3, -0.25) is 0 Å². The van der Waals surface area contributed by atoms with Crippen molar-refractivity contribution in [2.24, 2.45) is 0 Å². The number of aromatic nitrogens is 3. The van der Waals surface area contributed by atoms with Crippen LogP contribution in [0.25, 0.3) is 17.5 Å². The molecule has 0 radical (unpaired) electrons. The van der Waals surface area contributed by atoms with Gasteiger partial charge in [0.25, 0.3) is 0 Å². The number of carbonyl (C=O) groups excluding carboxylic acids is 1. The highest BCUT2D eigenvalue weighted by atomic mass is 32.1. The van der Waals surface area contributed by atoms with E-state index in [1.165, 1.54) is 23.8 Å². The highest BCUT2D eigenvalue weighted by Crippen LogP contribution is 2.20. The molecule has 0 saturated carbocycles. The van der Waals surface area contributed by atoms with Crippen molar-refractivity contribution >= 4 is 23.4 Å². The molecule has 22 heavy (non-hydrogen) atoms. The van der Waals surface area contributed by atoms with Crippen molar-refractivity contribution in [2.45, 2.75) is 6.92 Å². The minimum absolute atomic E-state index is 0.414. The van der Waals surface area contributed by atoms with Crippen LogP contribution in [-0.2, 0) is 4.79 Å². The van der Waals surface area contributed by atoms with Gasteiger partial charge in [0.15, 0.2) is 0 Å². The molecule has 0 bridgehead atoms. The summed E-state index contributed by atoms with van der Waals surface area (Å²) in [5.41, 5.74) is 1.50. The molecule has 0 unspecified atom stereocenters. The number of hydrogen-bond donors (Lipinski definition) is 0. The third-order valence-electron chi connectivity index (χ3n) is 2.71. The summed E-state index contributed by atoms with van der Waals surface area (Å²) in [6.45, 7) is 1.91. The number of nitrogens with zero attached hydrogens (tertiary/aromatic N) is 3. The summed E-state index contributed by atoms with van der Waals surface area (Å²) < 4.78 is 10.3. The van der Waals surface area contributed by atoms with E-state index in [1.54, 1.807) is 30.3 Å². The first-order chi connectivity index (χ1) is 10.7. The number of carbonyl (C=O) groups is 1. The van der Waals surface area contributed by atoms with Crippen molar-refractivity contribution in [1.82, 2.24) is 15.2 Å². The molecule has 0 atom stereocenters. The molecule has 3 rings (SSSR count). The lowest BCUT2D eigenvalue weighted by Gasteiger charge is -2.01. The summed E-state index contributed by atoms with van der Waals surface area (Å²) in [7, 11) is 0. The van der Waals surface area contributed by atoms with Crippen LogP contribution in [0, 0.1) is 6.92 Å². The van der Waals surface area contributed by atoms with Crippen LogP contribution in [-0.4, -0.2) is 21.2 Å². The lowest BCUT2D eigenvalue weighted by Crippen LogP contribution is -2.03. The maximum atomic E-state index is 11.7. The molecule has 0 aliphatic heterocycles. The third kappa shape index (κ3) is 3.44. The van der Waals surface area contributed by atoms with E-state index >= 15 is 0 Å². The van der Waals surface area contributed by atoms with E-state index < -0.39 is 5.97 Å². The first-order valence-electron chi connectivity index (χ1n) is 6.39. The monoisotopic (exact) mass is 313 g/mol. The summed E-state index contributed by atoms with van der Waals surface area (Å²) in [5, 5.41) is 10.2. The summed E-state index contributed by atoms with van der Waals surface area (Å²) in [4.78, 5) is 16.0. The van der Waals surface area contributed by atoms with Gasteiger partial charge in [-0.05, 0) is 37.3 Å². The van der Waals surface area contributed by atoms with E-state index in [0.717, 1.165) is 16.3 Å². The Morgan fingerprint density at radius 3 is 2.77 bits per heavy atom. The summed E-state index contributed by atoms with van der Waals surface area (Å²) in [6.07, 6.45) is 4.23. The molecule has 0 saturated heterocycles.